The molecule has 0 saturated carbocycles. The fourth-order valence-corrected chi connectivity index (χ4v) is 9.18. The fraction of sp³-hybridized carbons (Fsp3) is 0.766. The van der Waals surface area contributed by atoms with E-state index in [1.807, 2.05) is 0 Å². The zero-order valence-electron chi connectivity index (χ0n) is 48.7. The summed E-state index contributed by atoms with van der Waals surface area (Å²) in [6.45, 7) is 4.50. The number of rotatable bonds is 57. The Bertz CT molecular complexity index is 1550. The number of carbonyl (C=O) groups excluding carboxylic acids is 3. The molecule has 0 saturated heterocycles. The molecule has 3 atom stereocenters. The van der Waals surface area contributed by atoms with Crippen molar-refractivity contribution in [2.45, 2.75) is 290 Å². The quantitative estimate of drug-likeness (QED) is 0.0197. The van der Waals surface area contributed by atoms with Gasteiger partial charge in [0, 0.05) is 19.3 Å². The molecule has 0 spiro atoms. The van der Waals surface area contributed by atoms with Gasteiger partial charge in [0.05, 0.1) is 19.8 Å². The van der Waals surface area contributed by atoms with E-state index in [0.717, 1.165) is 128 Å². The standard InChI is InChI=1S/C64H113O11P/c1-4-7-10-13-16-19-22-25-28-30-33-36-39-42-45-48-51-54-63(67)74-60(56-65)58-72-76(69,70)73-59-61(57-71-62(66)53-50-47-44-41-38-35-32-27-24-21-18-15-12-9-6-3)75-64(68)55-52-49-46-43-40-37-34-31-29-26-23-20-17-14-11-8-5-2/h8,11,17-18,20-21,25-29,32,60-61,65H,4-7,9-10,12-16,19,22-24,30-31,33-59H2,1-3H3,(H,69,70)/b11-8-,20-17-,21-18-,28-25-,29-26-,32-27-. The van der Waals surface area contributed by atoms with Crippen molar-refractivity contribution in [2.24, 2.45) is 0 Å². The van der Waals surface area contributed by atoms with Crippen LogP contribution >= 0.6 is 7.82 Å². The lowest BCUT2D eigenvalue weighted by Gasteiger charge is -2.21. The van der Waals surface area contributed by atoms with E-state index in [1.165, 1.54) is 89.9 Å². The second-order valence-electron chi connectivity index (χ2n) is 20.5. The Morgan fingerprint density at radius 3 is 1.09 bits per heavy atom. The first-order valence-corrected chi connectivity index (χ1v) is 32.3. The number of phosphoric ester groups is 1. The van der Waals surface area contributed by atoms with Gasteiger partial charge in [0.1, 0.15) is 12.7 Å². The summed E-state index contributed by atoms with van der Waals surface area (Å²) in [5.74, 6) is -1.49. The van der Waals surface area contributed by atoms with Crippen molar-refractivity contribution in [3.8, 4) is 0 Å². The Labute approximate surface area is 465 Å². The number of phosphoric acid groups is 1. The summed E-state index contributed by atoms with van der Waals surface area (Å²) in [6, 6.07) is 0. The van der Waals surface area contributed by atoms with Gasteiger partial charge < -0.3 is 24.2 Å². The molecule has 0 radical (unpaired) electrons. The first kappa shape index (κ1) is 72.9. The fourth-order valence-electron chi connectivity index (χ4n) is 8.40. The highest BCUT2D eigenvalue weighted by molar-refractivity contribution is 7.47. The summed E-state index contributed by atoms with van der Waals surface area (Å²) >= 11 is 0. The predicted molar refractivity (Wildman–Crippen MR) is 316 cm³/mol. The minimum atomic E-state index is -4.76. The number of hydrogen-bond donors (Lipinski definition) is 2. The van der Waals surface area contributed by atoms with E-state index in [0.29, 0.717) is 19.3 Å². The van der Waals surface area contributed by atoms with Crippen LogP contribution in [0.4, 0.5) is 0 Å². The van der Waals surface area contributed by atoms with Gasteiger partial charge in [-0.2, -0.15) is 0 Å². The van der Waals surface area contributed by atoms with Crippen molar-refractivity contribution >= 4 is 25.7 Å². The van der Waals surface area contributed by atoms with Gasteiger partial charge in [-0.25, -0.2) is 4.57 Å². The van der Waals surface area contributed by atoms with Crippen LogP contribution in [0.3, 0.4) is 0 Å². The lowest BCUT2D eigenvalue weighted by atomic mass is 10.1. The third-order valence-corrected chi connectivity index (χ3v) is 14.0. The van der Waals surface area contributed by atoms with Crippen LogP contribution in [-0.4, -0.2) is 66.5 Å². The van der Waals surface area contributed by atoms with Crippen molar-refractivity contribution in [2.75, 3.05) is 26.4 Å². The Balaban J connectivity index is 4.72. The Hall–Kier alpha value is -3.08. The molecule has 0 rings (SSSR count). The second-order valence-corrected chi connectivity index (χ2v) is 21.9. The average Bonchev–Trinajstić information content (AvgIpc) is 3.41. The van der Waals surface area contributed by atoms with Crippen LogP contribution < -0.4 is 0 Å². The van der Waals surface area contributed by atoms with Crippen LogP contribution in [0, 0.1) is 0 Å². The van der Waals surface area contributed by atoms with Crippen molar-refractivity contribution < 1.29 is 52.2 Å². The molecule has 0 fully saturated rings. The molecule has 0 aliphatic carbocycles. The molecule has 0 amide bonds. The zero-order chi connectivity index (χ0) is 55.5. The molecule has 12 heteroatoms. The monoisotopic (exact) mass is 1090 g/mol. The minimum absolute atomic E-state index is 0.152. The molecule has 2 N–H and O–H groups in total. The number of esters is 3. The molecule has 0 aliphatic heterocycles. The van der Waals surface area contributed by atoms with E-state index < -0.39 is 57.8 Å². The van der Waals surface area contributed by atoms with Gasteiger partial charge in [0.2, 0.25) is 0 Å². The first-order chi connectivity index (χ1) is 37.2. The number of ether oxygens (including phenoxy) is 3. The molecule has 440 valence electrons. The molecule has 0 aromatic rings. The van der Waals surface area contributed by atoms with Crippen LogP contribution in [0.1, 0.15) is 278 Å². The Morgan fingerprint density at radius 1 is 0.382 bits per heavy atom. The molecular weight excluding hydrogens is 976 g/mol. The lowest BCUT2D eigenvalue weighted by molar-refractivity contribution is -0.161. The molecule has 0 aromatic heterocycles. The van der Waals surface area contributed by atoms with E-state index >= 15 is 0 Å². The van der Waals surface area contributed by atoms with Gasteiger partial charge in [-0.15, -0.1) is 0 Å². The number of aliphatic hydroxyl groups is 1. The summed E-state index contributed by atoms with van der Waals surface area (Å²) in [5.41, 5.74) is 0. The summed E-state index contributed by atoms with van der Waals surface area (Å²) in [7, 11) is -4.76. The molecular formula is C64H113O11P. The van der Waals surface area contributed by atoms with Crippen molar-refractivity contribution in [1.82, 2.24) is 0 Å². The van der Waals surface area contributed by atoms with Gasteiger partial charge in [0.25, 0.3) is 0 Å². The zero-order valence-corrected chi connectivity index (χ0v) is 49.6. The molecule has 76 heavy (non-hydrogen) atoms. The van der Waals surface area contributed by atoms with E-state index in [2.05, 4.69) is 93.7 Å². The molecule has 0 bridgehead atoms. The van der Waals surface area contributed by atoms with E-state index in [-0.39, 0.29) is 25.9 Å². The van der Waals surface area contributed by atoms with Crippen LogP contribution in [0.15, 0.2) is 72.9 Å². The Kier molecular flexibility index (Phi) is 55.7. The largest absolute Gasteiger partial charge is 0.472 e. The van der Waals surface area contributed by atoms with E-state index in [4.69, 9.17) is 23.3 Å². The number of aliphatic hydroxyl groups excluding tert-OH is 1. The third-order valence-electron chi connectivity index (χ3n) is 13.1. The van der Waals surface area contributed by atoms with Gasteiger partial charge in [-0.1, -0.05) is 222 Å². The maximum Gasteiger partial charge on any atom is 0.472 e. The second kappa shape index (κ2) is 58.1. The first-order valence-electron chi connectivity index (χ1n) is 30.8. The maximum atomic E-state index is 12.9. The predicted octanol–water partition coefficient (Wildman–Crippen LogP) is 18.5. The van der Waals surface area contributed by atoms with E-state index in [9.17, 15) is 28.9 Å². The van der Waals surface area contributed by atoms with Crippen molar-refractivity contribution in [1.29, 1.82) is 0 Å². The maximum absolute atomic E-state index is 12.9. The van der Waals surface area contributed by atoms with Crippen LogP contribution in [0.5, 0.6) is 0 Å². The van der Waals surface area contributed by atoms with Gasteiger partial charge in [-0.3, -0.25) is 23.4 Å². The SMILES string of the molecule is CC/C=C\C/C=C\C/C=C\CCCCCCCCCC(=O)OC(COC(=O)CCCCCCC/C=C\C/C=C\CCCCC)COP(=O)(O)OCC(CO)OC(=O)CCCCCCCCC/C=C\CCCCCCCC. The minimum Gasteiger partial charge on any atom is -0.462 e. The van der Waals surface area contributed by atoms with Gasteiger partial charge >= 0.3 is 25.7 Å². The van der Waals surface area contributed by atoms with Crippen LogP contribution in [0.25, 0.3) is 0 Å². The van der Waals surface area contributed by atoms with Crippen molar-refractivity contribution in [3.05, 3.63) is 72.9 Å². The highest BCUT2D eigenvalue weighted by atomic mass is 31.2. The van der Waals surface area contributed by atoms with Crippen molar-refractivity contribution in [3.63, 3.8) is 0 Å². The summed E-state index contributed by atoms with van der Waals surface area (Å²) < 4.78 is 39.6. The summed E-state index contributed by atoms with van der Waals surface area (Å²) in [4.78, 5) is 48.7. The number of allylic oxidation sites excluding steroid dienone is 12. The summed E-state index contributed by atoms with van der Waals surface area (Å²) in [5, 5.41) is 9.84. The Morgan fingerprint density at radius 2 is 0.684 bits per heavy atom. The van der Waals surface area contributed by atoms with E-state index in [1.54, 1.807) is 0 Å². The molecule has 11 nitrogen and oxygen atoms in total. The topological polar surface area (TPSA) is 155 Å². The smallest absolute Gasteiger partial charge is 0.462 e. The molecule has 0 heterocycles. The van der Waals surface area contributed by atoms with Crippen LogP contribution in [0.2, 0.25) is 0 Å². The molecule has 0 aromatic carbocycles. The number of carbonyl (C=O) groups is 3. The third kappa shape index (κ3) is 55.7. The average molecular weight is 1090 g/mol. The highest BCUT2D eigenvalue weighted by Gasteiger charge is 2.28. The normalized spacial score (nSPS) is 13.8. The summed E-state index contributed by atoms with van der Waals surface area (Å²) in [6.07, 6.45) is 65.6. The molecule has 3 unspecified atom stereocenters. The number of unbranched alkanes of at least 4 members (excludes halogenated alkanes) is 28. The van der Waals surface area contributed by atoms with Gasteiger partial charge in [0.15, 0.2) is 6.10 Å². The highest BCUT2D eigenvalue weighted by Crippen LogP contribution is 2.43. The number of hydrogen-bond acceptors (Lipinski definition) is 10. The van der Waals surface area contributed by atoms with Crippen LogP contribution in [-0.2, 0) is 42.2 Å². The lowest BCUT2D eigenvalue weighted by Crippen LogP contribution is -2.30. The van der Waals surface area contributed by atoms with Gasteiger partial charge in [-0.05, 0) is 109 Å². The molecule has 0 aliphatic rings.